The van der Waals surface area contributed by atoms with Crippen LogP contribution in [0.5, 0.6) is 6.01 Å². The van der Waals surface area contributed by atoms with Crippen LogP contribution in [0.15, 0.2) is 112 Å². The third-order valence-electron chi connectivity index (χ3n) is 6.21. The molecule has 0 atom stereocenters. The van der Waals surface area contributed by atoms with Crippen LogP contribution >= 0.6 is 11.6 Å². The molecule has 15 heteroatoms. The van der Waals surface area contributed by atoms with Crippen LogP contribution in [0.2, 0.25) is 5.02 Å². The van der Waals surface area contributed by atoms with Gasteiger partial charge < -0.3 is 32.2 Å². The smallest absolute Gasteiger partial charge is 0.323 e. The molecule has 0 aliphatic heterocycles. The Kier molecular flexibility index (Phi) is 9.90. The zero-order chi connectivity index (χ0) is 32.5. The number of benzene rings is 4. The number of sulfonamides is 1. The average molecular weight is 658 g/mol. The van der Waals surface area contributed by atoms with Gasteiger partial charge in [0, 0.05) is 28.5 Å². The van der Waals surface area contributed by atoms with Gasteiger partial charge in [0.15, 0.2) is 0 Å². The van der Waals surface area contributed by atoms with Gasteiger partial charge in [-0.3, -0.25) is 4.79 Å². The van der Waals surface area contributed by atoms with Gasteiger partial charge in [-0.1, -0.05) is 60.1 Å². The van der Waals surface area contributed by atoms with Crippen molar-refractivity contribution in [3.8, 4) is 6.01 Å². The first-order valence-corrected chi connectivity index (χ1v) is 15.5. The summed E-state index contributed by atoms with van der Waals surface area (Å²) >= 11 is 6.00. The third-order valence-corrected chi connectivity index (χ3v) is 7.78. The molecule has 4 aromatic carbocycles. The number of nitrogens with zero attached hydrogens (tertiary/aromatic N) is 4. The molecule has 0 saturated carbocycles. The van der Waals surface area contributed by atoms with E-state index in [1.807, 2.05) is 42.5 Å². The molecule has 0 unspecified atom stereocenters. The van der Waals surface area contributed by atoms with E-state index in [0.29, 0.717) is 28.5 Å². The summed E-state index contributed by atoms with van der Waals surface area (Å²) in [4.78, 5) is 26.2. The molecule has 1 heterocycles. The van der Waals surface area contributed by atoms with Crippen LogP contribution < -0.4 is 32.2 Å². The molecule has 234 valence electrons. The van der Waals surface area contributed by atoms with Crippen molar-refractivity contribution in [2.24, 2.45) is 15.9 Å². The quantitative estimate of drug-likeness (QED) is 0.0922. The van der Waals surface area contributed by atoms with Gasteiger partial charge in [0.2, 0.25) is 17.9 Å². The zero-order valence-corrected chi connectivity index (χ0v) is 25.7. The summed E-state index contributed by atoms with van der Waals surface area (Å²) in [7, 11) is -4.05. The van der Waals surface area contributed by atoms with Gasteiger partial charge >= 0.3 is 6.01 Å². The summed E-state index contributed by atoms with van der Waals surface area (Å²) < 4.78 is 33.5. The summed E-state index contributed by atoms with van der Waals surface area (Å²) in [5.74, 6) is -0.553. The van der Waals surface area contributed by atoms with E-state index in [9.17, 15) is 13.2 Å². The maximum Gasteiger partial charge on any atom is 0.323 e. The number of amides is 1. The molecular weight excluding hydrogens is 630 g/mol. The lowest BCUT2D eigenvalue weighted by atomic mass is 10.2. The highest BCUT2D eigenvalue weighted by Crippen LogP contribution is 2.21. The molecule has 0 spiro atoms. The number of ether oxygens (including phenoxy) is 1. The molecule has 1 aromatic heterocycles. The van der Waals surface area contributed by atoms with Crippen molar-refractivity contribution in [2.75, 3.05) is 16.0 Å². The molecule has 46 heavy (non-hydrogen) atoms. The van der Waals surface area contributed by atoms with Crippen LogP contribution in [-0.2, 0) is 23.2 Å². The minimum Gasteiger partial charge on any atom is -0.458 e. The van der Waals surface area contributed by atoms with E-state index in [4.69, 9.17) is 27.8 Å². The first-order valence-electron chi connectivity index (χ1n) is 13.7. The number of carbonyl (C=O) groups excluding carboxylic acids is 1. The van der Waals surface area contributed by atoms with E-state index in [0.717, 1.165) is 11.1 Å². The van der Waals surface area contributed by atoms with Crippen LogP contribution in [0.1, 0.15) is 21.5 Å². The second-order valence-corrected chi connectivity index (χ2v) is 11.7. The summed E-state index contributed by atoms with van der Waals surface area (Å²) in [6.45, 7) is 0.674. The van der Waals surface area contributed by atoms with Crippen LogP contribution in [0.3, 0.4) is 0 Å². The van der Waals surface area contributed by atoms with Crippen LogP contribution in [0, 0.1) is 0 Å². The van der Waals surface area contributed by atoms with E-state index >= 15 is 0 Å². The lowest BCUT2D eigenvalue weighted by Gasteiger charge is -2.12. The second kappa shape index (κ2) is 14.4. The highest BCUT2D eigenvalue weighted by Gasteiger charge is 2.15. The Morgan fingerprint density at radius 1 is 0.804 bits per heavy atom. The molecule has 5 aromatic rings. The number of aromatic nitrogens is 3. The van der Waals surface area contributed by atoms with Crippen LogP contribution in [-0.4, -0.2) is 35.2 Å². The van der Waals surface area contributed by atoms with E-state index in [-0.39, 0.29) is 29.4 Å². The van der Waals surface area contributed by atoms with Crippen molar-refractivity contribution in [3.63, 3.8) is 0 Å². The fourth-order valence-electron chi connectivity index (χ4n) is 4.03. The van der Waals surface area contributed by atoms with Gasteiger partial charge in [-0.05, 0) is 65.7 Å². The lowest BCUT2D eigenvalue weighted by Crippen LogP contribution is -2.24. The number of rotatable bonds is 12. The van der Waals surface area contributed by atoms with Crippen LogP contribution in [0.25, 0.3) is 0 Å². The van der Waals surface area contributed by atoms with E-state index in [1.54, 1.807) is 36.4 Å². The molecule has 13 nitrogen and oxygen atoms in total. The Morgan fingerprint density at radius 3 is 2.24 bits per heavy atom. The van der Waals surface area contributed by atoms with E-state index < -0.39 is 21.9 Å². The molecule has 0 aliphatic rings. The minimum atomic E-state index is -4.05. The Bertz CT molecular complexity index is 1960. The summed E-state index contributed by atoms with van der Waals surface area (Å²) in [5, 5.41) is 9.65. The number of nitrogens with two attached hydrogens (primary N) is 2. The third kappa shape index (κ3) is 8.90. The van der Waals surface area contributed by atoms with Gasteiger partial charge in [-0.25, -0.2) is 0 Å². The summed E-state index contributed by atoms with van der Waals surface area (Å²) in [5.41, 5.74) is 13.5. The van der Waals surface area contributed by atoms with Crippen molar-refractivity contribution in [1.82, 2.24) is 15.0 Å². The molecule has 0 radical (unpaired) electrons. The van der Waals surface area contributed by atoms with Crippen molar-refractivity contribution in [2.45, 2.75) is 18.0 Å². The predicted octanol–water partition coefficient (Wildman–Crippen LogP) is 4.67. The molecular formula is C31H28ClN9O4S. The zero-order valence-electron chi connectivity index (χ0n) is 24.1. The number of anilines is 4. The van der Waals surface area contributed by atoms with Crippen LogP contribution in [0.4, 0.5) is 23.3 Å². The summed E-state index contributed by atoms with van der Waals surface area (Å²) in [6.07, 6.45) is 0. The first-order chi connectivity index (χ1) is 22.1. The Hall–Kier alpha value is -5.73. The van der Waals surface area contributed by atoms with Crippen molar-refractivity contribution >= 4 is 56.8 Å². The molecule has 0 fully saturated rings. The monoisotopic (exact) mass is 657 g/mol. The molecule has 0 saturated heterocycles. The SMILES string of the molecule is NC(N)=NS(=O)(=O)c1ccc(NC(=O)c2cccc(Nc3nc(NCc4ccc(Cl)cc4)nc(OCc4ccccc4)n3)c2)cc1. The number of halogens is 1. The van der Waals surface area contributed by atoms with Gasteiger partial charge in [-0.15, -0.1) is 4.40 Å². The largest absolute Gasteiger partial charge is 0.458 e. The van der Waals surface area contributed by atoms with Crippen molar-refractivity contribution in [3.05, 3.63) is 125 Å². The van der Waals surface area contributed by atoms with E-state index in [1.165, 1.54) is 24.3 Å². The Balaban J connectivity index is 1.31. The van der Waals surface area contributed by atoms with Gasteiger partial charge in [0.05, 0.1) is 4.90 Å². The molecule has 1 amide bonds. The van der Waals surface area contributed by atoms with Crippen molar-refractivity contribution in [1.29, 1.82) is 0 Å². The Morgan fingerprint density at radius 2 is 1.52 bits per heavy atom. The minimum absolute atomic E-state index is 0.0964. The highest BCUT2D eigenvalue weighted by atomic mass is 35.5. The Labute approximate surface area is 269 Å². The predicted molar refractivity (Wildman–Crippen MR) is 176 cm³/mol. The van der Waals surface area contributed by atoms with E-state index in [2.05, 4.69) is 35.3 Å². The number of hydrogen-bond acceptors (Lipinski definition) is 9. The maximum atomic E-state index is 13.0. The van der Waals surface area contributed by atoms with Gasteiger partial charge in [-0.2, -0.15) is 23.4 Å². The summed E-state index contributed by atoms with van der Waals surface area (Å²) in [6, 6.07) is 29.2. The normalized spacial score (nSPS) is 10.9. The maximum absolute atomic E-state index is 13.0. The van der Waals surface area contributed by atoms with Crippen molar-refractivity contribution < 1.29 is 17.9 Å². The molecule has 0 aliphatic carbocycles. The first kappa shape index (κ1) is 31.7. The topological polar surface area (TPSA) is 200 Å². The number of nitrogens with one attached hydrogen (secondary N) is 3. The fourth-order valence-corrected chi connectivity index (χ4v) is 5.02. The number of guanidine groups is 1. The fraction of sp³-hybridized carbons (Fsp3) is 0.0645. The number of hydrogen-bond donors (Lipinski definition) is 5. The lowest BCUT2D eigenvalue weighted by molar-refractivity contribution is 0.102. The molecule has 5 rings (SSSR count). The standard InChI is InChI=1S/C31H28ClN9O4S/c32-23-11-9-20(10-12-23)18-35-29-38-30(40-31(39-29)45-19-21-5-2-1-3-6-21)37-25-8-4-7-22(17-25)27(42)36-24-13-15-26(16-14-24)46(43,44)41-28(33)34/h1-17H,18-19H2,(H,36,42)(H4,33,34,41)(H2,35,37,38,39,40). The highest BCUT2D eigenvalue weighted by molar-refractivity contribution is 7.90. The van der Waals surface area contributed by atoms with Gasteiger partial charge in [0.1, 0.15) is 6.61 Å². The molecule has 0 bridgehead atoms. The van der Waals surface area contributed by atoms with Gasteiger partial charge in [0.25, 0.3) is 15.9 Å². The number of carbonyl (C=O) groups is 1. The second-order valence-electron chi connectivity index (χ2n) is 9.70. The average Bonchev–Trinajstić information content (AvgIpc) is 3.04. The molecule has 7 N–H and O–H groups in total.